The molecule has 0 radical (unpaired) electrons. The Bertz CT molecular complexity index is 287. The van der Waals surface area contributed by atoms with E-state index in [2.05, 4.69) is 6.92 Å². The monoisotopic (exact) mass is 282 g/mol. The van der Waals surface area contributed by atoms with E-state index in [9.17, 15) is 8.42 Å². The van der Waals surface area contributed by atoms with Gasteiger partial charge in [0.1, 0.15) is 0 Å². The van der Waals surface area contributed by atoms with Crippen molar-refractivity contribution in [2.75, 3.05) is 0 Å². The van der Waals surface area contributed by atoms with Crippen LogP contribution in [0.2, 0.25) is 0 Å². The molecule has 0 aromatic heterocycles. The molecule has 5 nitrogen and oxygen atoms in total. The third-order valence-electron chi connectivity index (χ3n) is 3.05. The fraction of sp³-hybridized carbons (Fsp3) is 1.00. The molecular weight excluding hydrogens is 256 g/mol. The molecule has 110 valence electrons. The van der Waals surface area contributed by atoms with Gasteiger partial charge in [-0.15, -0.1) is 0 Å². The van der Waals surface area contributed by atoms with E-state index >= 15 is 0 Å². The van der Waals surface area contributed by atoms with Crippen molar-refractivity contribution in [2.45, 2.75) is 76.3 Å². The zero-order valence-electron chi connectivity index (χ0n) is 11.1. The molecule has 0 aliphatic heterocycles. The van der Waals surface area contributed by atoms with Crippen molar-refractivity contribution in [1.29, 1.82) is 0 Å². The first-order chi connectivity index (χ1) is 8.38. The summed E-state index contributed by atoms with van der Waals surface area (Å²) in [5, 5.41) is 16.6. The molecule has 0 aliphatic carbocycles. The van der Waals surface area contributed by atoms with Crippen molar-refractivity contribution >= 4 is 10.1 Å². The van der Waals surface area contributed by atoms with Gasteiger partial charge >= 0.3 is 0 Å². The van der Waals surface area contributed by atoms with Gasteiger partial charge in [0, 0.05) is 0 Å². The number of rotatable bonds is 11. The highest BCUT2D eigenvalue weighted by atomic mass is 32.2. The molecule has 0 saturated heterocycles. The zero-order chi connectivity index (χ0) is 14.0. The van der Waals surface area contributed by atoms with Gasteiger partial charge in [0.05, 0.1) is 5.25 Å². The van der Waals surface area contributed by atoms with Crippen LogP contribution in [0, 0.1) is 0 Å². The SMILES string of the molecule is CCCCCCCCC(CCC(O)O)S(=O)(=O)O. The molecule has 0 aliphatic rings. The van der Waals surface area contributed by atoms with E-state index < -0.39 is 21.7 Å². The highest BCUT2D eigenvalue weighted by Gasteiger charge is 2.22. The molecule has 0 heterocycles. The lowest BCUT2D eigenvalue weighted by Gasteiger charge is -2.14. The van der Waals surface area contributed by atoms with Crippen LogP contribution < -0.4 is 0 Å². The quantitative estimate of drug-likeness (QED) is 0.306. The van der Waals surface area contributed by atoms with Crippen LogP contribution in [0.4, 0.5) is 0 Å². The molecule has 1 unspecified atom stereocenters. The maximum absolute atomic E-state index is 11.1. The molecule has 0 spiro atoms. The van der Waals surface area contributed by atoms with Crippen molar-refractivity contribution < 1.29 is 23.2 Å². The lowest BCUT2D eigenvalue weighted by atomic mass is 10.1. The molecule has 0 aromatic rings. The second-order valence-electron chi connectivity index (χ2n) is 4.75. The maximum Gasteiger partial charge on any atom is 0.267 e. The lowest BCUT2D eigenvalue weighted by molar-refractivity contribution is -0.0464. The Labute approximate surface area is 110 Å². The summed E-state index contributed by atoms with van der Waals surface area (Å²) in [6.07, 6.45) is 5.23. The number of hydrogen-bond acceptors (Lipinski definition) is 4. The van der Waals surface area contributed by atoms with Crippen LogP contribution in [0.5, 0.6) is 0 Å². The molecule has 0 amide bonds. The van der Waals surface area contributed by atoms with Gasteiger partial charge in [-0.3, -0.25) is 4.55 Å². The average molecular weight is 282 g/mol. The summed E-state index contributed by atoms with van der Waals surface area (Å²) < 4.78 is 31.2. The van der Waals surface area contributed by atoms with Crippen LogP contribution in [0.1, 0.15) is 64.7 Å². The molecule has 3 N–H and O–H groups in total. The van der Waals surface area contributed by atoms with E-state index in [4.69, 9.17) is 14.8 Å². The Morgan fingerprint density at radius 3 is 1.94 bits per heavy atom. The number of hydrogen-bond donors (Lipinski definition) is 3. The Balaban J connectivity index is 3.88. The second kappa shape index (κ2) is 9.72. The molecular formula is C12H26O5S. The van der Waals surface area contributed by atoms with Crippen molar-refractivity contribution in [3.8, 4) is 0 Å². The number of aliphatic hydroxyl groups is 2. The van der Waals surface area contributed by atoms with Crippen LogP contribution in [0.25, 0.3) is 0 Å². The summed E-state index contributed by atoms with van der Waals surface area (Å²) in [4.78, 5) is 0. The molecule has 18 heavy (non-hydrogen) atoms. The van der Waals surface area contributed by atoms with Gasteiger partial charge in [-0.1, -0.05) is 45.4 Å². The van der Waals surface area contributed by atoms with Crippen molar-refractivity contribution in [3.63, 3.8) is 0 Å². The van der Waals surface area contributed by atoms with Crippen molar-refractivity contribution in [1.82, 2.24) is 0 Å². The summed E-state index contributed by atoms with van der Waals surface area (Å²) >= 11 is 0. The van der Waals surface area contributed by atoms with Gasteiger partial charge in [0.15, 0.2) is 6.29 Å². The van der Waals surface area contributed by atoms with E-state index in [1.54, 1.807) is 0 Å². The Morgan fingerprint density at radius 2 is 1.44 bits per heavy atom. The van der Waals surface area contributed by atoms with Crippen LogP contribution >= 0.6 is 0 Å². The first-order valence-electron chi connectivity index (χ1n) is 6.70. The van der Waals surface area contributed by atoms with Gasteiger partial charge in [-0.2, -0.15) is 8.42 Å². The van der Waals surface area contributed by atoms with Gasteiger partial charge in [-0.05, 0) is 19.3 Å². The minimum atomic E-state index is -4.08. The summed E-state index contributed by atoms with van der Waals surface area (Å²) in [7, 11) is -4.08. The number of aliphatic hydroxyl groups excluding tert-OH is 1. The van der Waals surface area contributed by atoms with Crippen LogP contribution in [0.15, 0.2) is 0 Å². The summed E-state index contributed by atoms with van der Waals surface area (Å²) in [5.41, 5.74) is 0. The predicted octanol–water partition coefficient (Wildman–Crippen LogP) is 2.08. The second-order valence-corrected chi connectivity index (χ2v) is 6.45. The Kier molecular flexibility index (Phi) is 9.63. The largest absolute Gasteiger partial charge is 0.368 e. The molecule has 0 rings (SSSR count). The maximum atomic E-state index is 11.1. The molecule has 6 heteroatoms. The van der Waals surface area contributed by atoms with Gasteiger partial charge in [0.2, 0.25) is 0 Å². The van der Waals surface area contributed by atoms with E-state index in [-0.39, 0.29) is 12.8 Å². The van der Waals surface area contributed by atoms with E-state index in [1.165, 1.54) is 12.8 Å². The van der Waals surface area contributed by atoms with E-state index in [1.807, 2.05) is 0 Å². The smallest absolute Gasteiger partial charge is 0.267 e. The Hall–Kier alpha value is -0.170. The van der Waals surface area contributed by atoms with Crippen LogP contribution in [-0.4, -0.2) is 34.7 Å². The van der Waals surface area contributed by atoms with Gasteiger partial charge in [0.25, 0.3) is 10.1 Å². The Morgan fingerprint density at radius 1 is 0.889 bits per heavy atom. The summed E-state index contributed by atoms with van der Waals surface area (Å²) in [6.45, 7) is 2.13. The molecule has 0 saturated carbocycles. The molecule has 0 aromatic carbocycles. The van der Waals surface area contributed by atoms with Crippen LogP contribution in [-0.2, 0) is 10.1 Å². The highest BCUT2D eigenvalue weighted by molar-refractivity contribution is 7.86. The lowest BCUT2D eigenvalue weighted by Crippen LogP contribution is -2.22. The van der Waals surface area contributed by atoms with Crippen LogP contribution in [0.3, 0.4) is 0 Å². The molecule has 0 fully saturated rings. The minimum absolute atomic E-state index is 0.0275. The first kappa shape index (κ1) is 17.8. The standard InChI is InChI=1S/C12H26O5S/c1-2-3-4-5-6-7-8-11(18(15,16)17)9-10-12(13)14/h11-14H,2-10H2,1H3,(H,15,16,17). The average Bonchev–Trinajstić information content (AvgIpc) is 2.25. The number of unbranched alkanes of at least 4 members (excludes halogenated alkanes) is 5. The van der Waals surface area contributed by atoms with Crippen molar-refractivity contribution in [2.24, 2.45) is 0 Å². The predicted molar refractivity (Wildman–Crippen MR) is 70.8 cm³/mol. The molecule has 0 bridgehead atoms. The third-order valence-corrected chi connectivity index (χ3v) is 4.36. The summed E-state index contributed by atoms with van der Waals surface area (Å²) in [6, 6.07) is 0. The zero-order valence-corrected chi connectivity index (χ0v) is 11.9. The normalized spacial score (nSPS) is 14.1. The fourth-order valence-electron chi connectivity index (χ4n) is 1.93. The third kappa shape index (κ3) is 9.82. The molecule has 1 atom stereocenters. The topological polar surface area (TPSA) is 94.8 Å². The minimum Gasteiger partial charge on any atom is -0.368 e. The van der Waals surface area contributed by atoms with Gasteiger partial charge in [-0.25, -0.2) is 0 Å². The van der Waals surface area contributed by atoms with E-state index in [0.717, 1.165) is 25.7 Å². The van der Waals surface area contributed by atoms with E-state index in [0.29, 0.717) is 6.42 Å². The fourth-order valence-corrected chi connectivity index (χ4v) is 2.83. The summed E-state index contributed by atoms with van der Waals surface area (Å²) in [5.74, 6) is 0. The highest BCUT2D eigenvalue weighted by Crippen LogP contribution is 2.17. The van der Waals surface area contributed by atoms with Gasteiger partial charge < -0.3 is 10.2 Å². The van der Waals surface area contributed by atoms with Crippen molar-refractivity contribution in [3.05, 3.63) is 0 Å². The first-order valence-corrected chi connectivity index (χ1v) is 8.20.